The van der Waals surface area contributed by atoms with Crippen LogP contribution in [0.5, 0.6) is 0 Å². The summed E-state index contributed by atoms with van der Waals surface area (Å²) in [5, 5.41) is 2.76. The van der Waals surface area contributed by atoms with Crippen molar-refractivity contribution in [2.45, 2.75) is 6.04 Å². The highest BCUT2D eigenvalue weighted by Crippen LogP contribution is 2.42. The minimum Gasteiger partial charge on any atom is -0.450 e. The summed E-state index contributed by atoms with van der Waals surface area (Å²) in [6.45, 7) is 0. The molecular formula is C20H10Br2N2O3S. The van der Waals surface area contributed by atoms with Crippen molar-refractivity contribution in [2.75, 3.05) is 4.90 Å². The molecule has 4 aromatic rings. The molecule has 0 spiro atoms. The second-order valence-corrected chi connectivity index (χ2v) is 8.96. The molecule has 0 saturated heterocycles. The zero-order chi connectivity index (χ0) is 19.4. The molecule has 3 heterocycles. The molecule has 0 unspecified atom stereocenters. The molecule has 1 atom stereocenters. The fourth-order valence-corrected chi connectivity index (χ4v) is 4.73. The molecule has 5 rings (SSSR count). The quantitative estimate of drug-likeness (QED) is 0.351. The molecule has 28 heavy (non-hydrogen) atoms. The van der Waals surface area contributed by atoms with E-state index in [2.05, 4.69) is 36.8 Å². The van der Waals surface area contributed by atoms with Crippen molar-refractivity contribution in [3.05, 3.63) is 90.1 Å². The molecular weight excluding hydrogens is 508 g/mol. The normalized spacial score (nSPS) is 16.0. The smallest absolute Gasteiger partial charge is 0.297 e. The number of aromatic nitrogens is 1. The first-order valence-corrected chi connectivity index (χ1v) is 10.8. The number of halogens is 2. The average molecular weight is 518 g/mol. The minimum atomic E-state index is -0.596. The van der Waals surface area contributed by atoms with Crippen LogP contribution in [0.3, 0.4) is 0 Å². The first-order valence-electron chi connectivity index (χ1n) is 8.29. The van der Waals surface area contributed by atoms with Gasteiger partial charge in [0.05, 0.1) is 17.0 Å². The highest BCUT2D eigenvalue weighted by molar-refractivity contribution is 9.10. The van der Waals surface area contributed by atoms with Gasteiger partial charge >= 0.3 is 0 Å². The maximum Gasteiger partial charge on any atom is 0.297 e. The minimum absolute atomic E-state index is 0.0722. The van der Waals surface area contributed by atoms with Crippen LogP contribution in [0.4, 0.5) is 5.13 Å². The van der Waals surface area contributed by atoms with E-state index in [-0.39, 0.29) is 17.1 Å². The zero-order valence-electron chi connectivity index (χ0n) is 14.1. The van der Waals surface area contributed by atoms with Crippen LogP contribution in [-0.2, 0) is 0 Å². The summed E-state index contributed by atoms with van der Waals surface area (Å²) in [7, 11) is 0. The Kier molecular flexibility index (Phi) is 4.22. The van der Waals surface area contributed by atoms with Gasteiger partial charge < -0.3 is 4.42 Å². The predicted molar refractivity (Wildman–Crippen MR) is 115 cm³/mol. The fourth-order valence-electron chi connectivity index (χ4n) is 3.44. The molecule has 0 aliphatic carbocycles. The maximum atomic E-state index is 13.4. The van der Waals surface area contributed by atoms with E-state index in [4.69, 9.17) is 4.42 Å². The van der Waals surface area contributed by atoms with E-state index < -0.39 is 6.04 Å². The Morgan fingerprint density at radius 3 is 2.50 bits per heavy atom. The molecule has 0 bridgehead atoms. The van der Waals surface area contributed by atoms with E-state index in [0.717, 1.165) is 14.5 Å². The van der Waals surface area contributed by atoms with Gasteiger partial charge in [0, 0.05) is 20.5 Å². The van der Waals surface area contributed by atoms with Crippen LogP contribution in [-0.4, -0.2) is 10.9 Å². The van der Waals surface area contributed by atoms with Crippen molar-refractivity contribution in [3.63, 3.8) is 0 Å². The van der Waals surface area contributed by atoms with Gasteiger partial charge in [-0.25, -0.2) is 4.98 Å². The number of carbonyl (C=O) groups is 1. The van der Waals surface area contributed by atoms with Crippen molar-refractivity contribution < 1.29 is 9.21 Å². The number of hydrogen-bond acceptors (Lipinski definition) is 5. The Bertz CT molecular complexity index is 1280. The number of thiazole rings is 1. The predicted octanol–water partition coefficient (Wildman–Crippen LogP) is 5.52. The lowest BCUT2D eigenvalue weighted by Gasteiger charge is -2.22. The van der Waals surface area contributed by atoms with Crippen LogP contribution >= 0.6 is 43.2 Å². The first kappa shape index (κ1) is 17.8. The third kappa shape index (κ3) is 2.67. The number of fused-ring (bicyclic) bond motifs is 2. The van der Waals surface area contributed by atoms with Gasteiger partial charge in [-0.1, -0.05) is 44.0 Å². The van der Waals surface area contributed by atoms with Gasteiger partial charge in [0.15, 0.2) is 10.6 Å². The summed E-state index contributed by atoms with van der Waals surface area (Å²) in [5.41, 5.74) is 1.33. The average Bonchev–Trinajstić information content (AvgIpc) is 3.30. The molecule has 0 radical (unpaired) electrons. The van der Waals surface area contributed by atoms with E-state index in [0.29, 0.717) is 21.7 Å². The van der Waals surface area contributed by atoms with E-state index in [1.165, 1.54) is 16.2 Å². The Morgan fingerprint density at radius 1 is 1.04 bits per heavy atom. The molecule has 2 aromatic heterocycles. The van der Waals surface area contributed by atoms with Crippen LogP contribution in [0.15, 0.2) is 72.2 Å². The SMILES string of the molecule is O=C1c2oc3ccc(Br)cc3c(=O)c2[C@H](c2ccc(Br)cc2)N1c1nccs1. The number of rotatable bonds is 2. The molecule has 1 amide bonds. The van der Waals surface area contributed by atoms with Crippen molar-refractivity contribution in [1.29, 1.82) is 0 Å². The van der Waals surface area contributed by atoms with Gasteiger partial charge in [-0.2, -0.15) is 0 Å². The lowest BCUT2D eigenvalue weighted by molar-refractivity contribution is 0.0971. The molecule has 8 heteroatoms. The Balaban J connectivity index is 1.83. The van der Waals surface area contributed by atoms with E-state index in [9.17, 15) is 9.59 Å². The summed E-state index contributed by atoms with van der Waals surface area (Å²) in [6, 6.07) is 12.1. The lowest BCUT2D eigenvalue weighted by Crippen LogP contribution is -2.29. The number of nitrogens with zero attached hydrogens (tertiary/aromatic N) is 2. The highest BCUT2D eigenvalue weighted by Gasteiger charge is 2.44. The first-order chi connectivity index (χ1) is 13.5. The van der Waals surface area contributed by atoms with E-state index in [1.54, 1.807) is 29.8 Å². The number of benzene rings is 2. The molecule has 0 saturated carbocycles. The second-order valence-electron chi connectivity index (χ2n) is 6.26. The van der Waals surface area contributed by atoms with Gasteiger partial charge in [0.25, 0.3) is 5.91 Å². The number of anilines is 1. The maximum absolute atomic E-state index is 13.4. The summed E-state index contributed by atoms with van der Waals surface area (Å²) >= 11 is 8.17. The standard InChI is InChI=1S/C20H10Br2N2O3S/c21-11-3-1-10(2-4-11)16-15-17(25)13-9-12(22)5-6-14(13)27-18(15)19(26)24(16)20-23-7-8-28-20/h1-9,16H/t16-/m0/s1. The Hall–Kier alpha value is -2.29. The van der Waals surface area contributed by atoms with Crippen molar-refractivity contribution >= 4 is 65.2 Å². The van der Waals surface area contributed by atoms with Crippen molar-refractivity contribution in [3.8, 4) is 0 Å². The van der Waals surface area contributed by atoms with Gasteiger partial charge in [0.1, 0.15) is 5.58 Å². The molecule has 1 aliphatic heterocycles. The van der Waals surface area contributed by atoms with Crippen molar-refractivity contribution in [1.82, 2.24) is 4.98 Å². The van der Waals surface area contributed by atoms with Crippen LogP contribution < -0.4 is 10.3 Å². The molecule has 5 nitrogen and oxygen atoms in total. The lowest BCUT2D eigenvalue weighted by atomic mass is 9.99. The molecule has 0 N–H and O–H groups in total. The number of hydrogen-bond donors (Lipinski definition) is 0. The Labute approximate surface area is 179 Å². The summed E-state index contributed by atoms with van der Waals surface area (Å²) in [4.78, 5) is 32.5. The third-order valence-electron chi connectivity index (χ3n) is 4.64. The van der Waals surface area contributed by atoms with Crippen LogP contribution in [0, 0.1) is 0 Å². The van der Waals surface area contributed by atoms with Crippen molar-refractivity contribution in [2.24, 2.45) is 0 Å². The largest absolute Gasteiger partial charge is 0.450 e. The Morgan fingerprint density at radius 2 is 1.79 bits per heavy atom. The topological polar surface area (TPSA) is 63.4 Å². The molecule has 2 aromatic carbocycles. The van der Waals surface area contributed by atoms with Crippen LogP contribution in [0.25, 0.3) is 11.0 Å². The van der Waals surface area contributed by atoms with Crippen LogP contribution in [0.1, 0.15) is 27.7 Å². The summed E-state index contributed by atoms with van der Waals surface area (Å²) in [5.74, 6) is -0.289. The van der Waals surface area contributed by atoms with Crippen LogP contribution in [0.2, 0.25) is 0 Å². The number of amides is 1. The fraction of sp³-hybridized carbons (Fsp3) is 0.0500. The van der Waals surface area contributed by atoms with Gasteiger partial charge in [-0.3, -0.25) is 14.5 Å². The van der Waals surface area contributed by atoms with Gasteiger partial charge in [-0.15, -0.1) is 11.3 Å². The second kappa shape index (κ2) is 6.65. The summed E-state index contributed by atoms with van der Waals surface area (Å²) in [6.07, 6.45) is 1.64. The third-order valence-corrected chi connectivity index (χ3v) is 6.44. The van der Waals surface area contributed by atoms with Gasteiger partial charge in [0.2, 0.25) is 5.76 Å². The van der Waals surface area contributed by atoms with E-state index in [1.807, 2.05) is 24.3 Å². The monoisotopic (exact) mass is 516 g/mol. The highest BCUT2D eigenvalue weighted by atomic mass is 79.9. The van der Waals surface area contributed by atoms with Gasteiger partial charge in [-0.05, 0) is 35.9 Å². The molecule has 138 valence electrons. The zero-order valence-corrected chi connectivity index (χ0v) is 18.0. The van der Waals surface area contributed by atoms with E-state index >= 15 is 0 Å². The molecule has 1 aliphatic rings. The molecule has 0 fully saturated rings. The number of carbonyl (C=O) groups excluding carboxylic acids is 1. The summed E-state index contributed by atoms with van der Waals surface area (Å²) < 4.78 is 7.60.